The normalized spacial score (nSPS) is 22.2. The second-order valence-electron chi connectivity index (χ2n) is 12.1. The highest BCUT2D eigenvalue weighted by atomic mass is 32.1. The third-order valence-electron chi connectivity index (χ3n) is 9.55. The van der Waals surface area contributed by atoms with Crippen molar-refractivity contribution in [2.45, 2.75) is 51.1 Å². The van der Waals surface area contributed by atoms with Gasteiger partial charge in [-0.1, -0.05) is 0 Å². The second kappa shape index (κ2) is 11.3. The van der Waals surface area contributed by atoms with E-state index in [2.05, 4.69) is 38.1 Å². The predicted octanol–water partition coefficient (Wildman–Crippen LogP) is 3.71. The number of nitrogen functional groups attached to an aromatic ring is 1. The highest BCUT2D eigenvalue weighted by molar-refractivity contribution is 7.23. The summed E-state index contributed by atoms with van der Waals surface area (Å²) in [7, 11) is 0. The van der Waals surface area contributed by atoms with E-state index in [9.17, 15) is 9.65 Å². The minimum Gasteiger partial charge on any atom is -0.462 e. The number of halogens is 2. The van der Waals surface area contributed by atoms with Gasteiger partial charge in [0.1, 0.15) is 29.0 Å². The zero-order valence-electron chi connectivity index (χ0n) is 24.7. The molecule has 3 N–H and O–H groups in total. The first-order valence-corrected chi connectivity index (χ1v) is 16.1. The summed E-state index contributed by atoms with van der Waals surface area (Å²) in [5, 5.41) is 14.4. The van der Waals surface area contributed by atoms with Gasteiger partial charge in [-0.25, -0.2) is 8.78 Å². The van der Waals surface area contributed by atoms with E-state index in [0.29, 0.717) is 36.6 Å². The molecule has 4 aromatic rings. The van der Waals surface area contributed by atoms with Gasteiger partial charge in [0.2, 0.25) is 0 Å². The molecule has 3 unspecified atom stereocenters. The van der Waals surface area contributed by atoms with Gasteiger partial charge in [0.15, 0.2) is 11.6 Å². The predicted molar refractivity (Wildman–Crippen MR) is 165 cm³/mol. The maximum atomic E-state index is 17.2. The molecule has 0 spiro atoms. The van der Waals surface area contributed by atoms with Crippen molar-refractivity contribution < 1.29 is 23.0 Å². The summed E-state index contributed by atoms with van der Waals surface area (Å²) in [6.07, 6.45) is 3.05. The SMILES string of the molecule is CC(COc1nc(N2C3CCC2CNC3)c2c3c(c(-c4ncc(F)c5sc(N)c(C#N)c45)c(F)c2n1)COC3)N1CCOCC1. The molecular weight excluding hydrogens is 602 g/mol. The zero-order chi connectivity index (χ0) is 30.8. The van der Waals surface area contributed by atoms with Crippen LogP contribution in [0.15, 0.2) is 6.20 Å². The number of morpholine rings is 1. The molecule has 3 fully saturated rings. The number of hydrogen-bond acceptors (Lipinski definition) is 12. The van der Waals surface area contributed by atoms with Crippen molar-refractivity contribution in [2.75, 3.05) is 56.6 Å². The fourth-order valence-electron chi connectivity index (χ4n) is 7.32. The van der Waals surface area contributed by atoms with Gasteiger partial charge in [0.05, 0.1) is 54.0 Å². The van der Waals surface area contributed by atoms with E-state index >= 15 is 4.39 Å². The van der Waals surface area contributed by atoms with Gasteiger partial charge in [0, 0.05) is 55.3 Å². The second-order valence-corrected chi connectivity index (χ2v) is 13.1. The molecule has 4 aliphatic heterocycles. The van der Waals surface area contributed by atoms with E-state index in [0.717, 1.165) is 62.1 Å². The van der Waals surface area contributed by atoms with E-state index in [-0.39, 0.29) is 74.8 Å². The fraction of sp³-hybridized carbons (Fsp3) is 0.484. The first kappa shape index (κ1) is 28.7. The molecule has 4 aliphatic rings. The molecule has 0 radical (unpaired) electrons. The maximum Gasteiger partial charge on any atom is 0.319 e. The lowest BCUT2D eigenvalue weighted by molar-refractivity contribution is 0.00975. The van der Waals surface area contributed by atoms with Crippen molar-refractivity contribution in [3.05, 3.63) is 34.5 Å². The Morgan fingerprint density at radius 1 is 1.13 bits per heavy atom. The number of pyridine rings is 1. The van der Waals surface area contributed by atoms with Crippen molar-refractivity contribution in [1.82, 2.24) is 25.2 Å². The topological polar surface area (TPSA) is 135 Å². The zero-order valence-corrected chi connectivity index (χ0v) is 25.6. The Bertz CT molecular complexity index is 1860. The molecule has 11 nitrogen and oxygen atoms in total. The molecule has 0 saturated carbocycles. The molecule has 0 amide bonds. The van der Waals surface area contributed by atoms with Gasteiger partial charge in [-0.2, -0.15) is 15.2 Å². The summed E-state index contributed by atoms with van der Waals surface area (Å²) in [6.45, 7) is 7.32. The minimum absolute atomic E-state index is 0.0750. The van der Waals surface area contributed by atoms with E-state index < -0.39 is 11.6 Å². The maximum absolute atomic E-state index is 17.2. The number of nitrogens with one attached hydrogen (secondary N) is 1. The number of piperazine rings is 1. The number of nitrogens with zero attached hydrogens (tertiary/aromatic N) is 6. The molecule has 1 aromatic carbocycles. The van der Waals surface area contributed by atoms with Crippen molar-refractivity contribution in [3.63, 3.8) is 0 Å². The molecule has 234 valence electrons. The summed E-state index contributed by atoms with van der Waals surface area (Å²) in [6, 6.07) is 2.64. The van der Waals surface area contributed by atoms with Gasteiger partial charge in [-0.3, -0.25) is 9.88 Å². The number of aromatic nitrogens is 3. The van der Waals surface area contributed by atoms with Gasteiger partial charge in [-0.05, 0) is 30.9 Å². The molecule has 3 aromatic heterocycles. The molecule has 3 atom stereocenters. The standard InChI is InChI=1S/C31H32F2N8O3S/c1-15(40-4-6-42-7-5-40)12-44-31-38-27-24(30(39-31)41-16-2-3-17(41)10-36-9-16)20-14-43-13-19(20)22(25(27)33)26-23-18(8-34)29(35)45-28(23)21(32)11-37-26/h11,15-17,36H,2-7,9-10,12-14,35H2,1H3. The lowest BCUT2D eigenvalue weighted by Crippen LogP contribution is -2.52. The lowest BCUT2D eigenvalue weighted by Gasteiger charge is -2.37. The van der Waals surface area contributed by atoms with Crippen molar-refractivity contribution in [1.29, 1.82) is 5.26 Å². The van der Waals surface area contributed by atoms with Crippen molar-refractivity contribution in [2.24, 2.45) is 0 Å². The Hall–Kier alpha value is -3.74. The monoisotopic (exact) mass is 634 g/mol. The number of nitrogens with two attached hydrogens (primary N) is 1. The Morgan fingerprint density at radius 3 is 2.64 bits per heavy atom. The van der Waals surface area contributed by atoms with Crippen LogP contribution in [0.1, 0.15) is 36.5 Å². The Balaban J connectivity index is 1.33. The Morgan fingerprint density at radius 2 is 1.89 bits per heavy atom. The van der Waals surface area contributed by atoms with E-state index in [4.69, 9.17) is 24.9 Å². The van der Waals surface area contributed by atoms with Crippen LogP contribution in [0.3, 0.4) is 0 Å². The quantitative estimate of drug-likeness (QED) is 0.322. The Labute approximate surface area is 261 Å². The van der Waals surface area contributed by atoms with Crippen LogP contribution in [0, 0.1) is 23.0 Å². The minimum atomic E-state index is -0.638. The number of thiophene rings is 1. The summed E-state index contributed by atoms with van der Waals surface area (Å²) in [5.74, 6) is -0.615. The highest BCUT2D eigenvalue weighted by Gasteiger charge is 2.40. The van der Waals surface area contributed by atoms with Gasteiger partial charge in [-0.15, -0.1) is 11.3 Å². The largest absolute Gasteiger partial charge is 0.462 e. The van der Waals surface area contributed by atoms with E-state index in [1.807, 2.05) is 0 Å². The average molecular weight is 635 g/mol. The van der Waals surface area contributed by atoms with Crippen molar-refractivity contribution >= 4 is 43.1 Å². The molecular formula is C31H32F2N8O3S. The molecule has 2 bridgehead atoms. The number of benzene rings is 1. The fourth-order valence-corrected chi connectivity index (χ4v) is 8.24. The van der Waals surface area contributed by atoms with Gasteiger partial charge in [0.25, 0.3) is 0 Å². The molecule has 45 heavy (non-hydrogen) atoms. The summed E-state index contributed by atoms with van der Waals surface area (Å²) in [5.41, 5.74) is 7.91. The van der Waals surface area contributed by atoms with Crippen LogP contribution in [-0.2, 0) is 22.7 Å². The van der Waals surface area contributed by atoms with Crippen LogP contribution in [0.5, 0.6) is 6.01 Å². The Kier molecular flexibility index (Phi) is 7.18. The van der Waals surface area contributed by atoms with Gasteiger partial charge >= 0.3 is 6.01 Å². The third-order valence-corrected chi connectivity index (χ3v) is 10.6. The van der Waals surface area contributed by atoms with Crippen LogP contribution in [0.25, 0.3) is 32.2 Å². The van der Waals surface area contributed by atoms with Gasteiger partial charge < -0.3 is 30.2 Å². The summed E-state index contributed by atoms with van der Waals surface area (Å²) >= 11 is 0.950. The van der Waals surface area contributed by atoms with E-state index in [1.165, 1.54) is 0 Å². The first-order valence-electron chi connectivity index (χ1n) is 15.3. The molecule has 14 heteroatoms. The number of ether oxygens (including phenoxy) is 3. The molecule has 8 rings (SSSR count). The number of anilines is 2. The smallest absolute Gasteiger partial charge is 0.319 e. The van der Waals surface area contributed by atoms with Crippen molar-refractivity contribution in [3.8, 4) is 23.3 Å². The van der Waals surface area contributed by atoms with E-state index in [1.54, 1.807) is 0 Å². The molecule has 7 heterocycles. The third kappa shape index (κ3) is 4.59. The summed E-state index contributed by atoms with van der Waals surface area (Å²) < 4.78 is 49.9. The first-order chi connectivity index (χ1) is 21.9. The molecule has 3 saturated heterocycles. The number of rotatable bonds is 6. The highest BCUT2D eigenvalue weighted by Crippen LogP contribution is 2.47. The number of hydrogen-bond donors (Lipinski definition) is 2. The summed E-state index contributed by atoms with van der Waals surface area (Å²) in [4.78, 5) is 18.6. The average Bonchev–Trinajstić information content (AvgIpc) is 3.74. The van der Waals surface area contributed by atoms with Crippen LogP contribution in [-0.4, -0.2) is 84.0 Å². The van der Waals surface area contributed by atoms with Crippen LogP contribution in [0.2, 0.25) is 0 Å². The van der Waals surface area contributed by atoms with Crippen LogP contribution in [0.4, 0.5) is 19.6 Å². The van der Waals surface area contributed by atoms with Crippen LogP contribution < -0.4 is 20.7 Å². The lowest BCUT2D eigenvalue weighted by atomic mass is 9.93. The number of fused-ring (bicyclic) bond motifs is 6. The van der Waals surface area contributed by atoms with Crippen LogP contribution >= 0.6 is 11.3 Å². The molecule has 0 aliphatic carbocycles. The number of nitriles is 1.